The fraction of sp³-hybridized carbons (Fsp3) is 0.333. The Morgan fingerprint density at radius 2 is 1.91 bits per heavy atom. The van der Waals surface area contributed by atoms with Crippen molar-refractivity contribution in [3.05, 3.63) is 71.0 Å². The van der Waals surface area contributed by atoms with Crippen molar-refractivity contribution in [2.75, 3.05) is 0 Å². The van der Waals surface area contributed by atoms with Crippen LogP contribution in [0.5, 0.6) is 0 Å². The fourth-order valence-electron chi connectivity index (χ4n) is 5.57. The molecular weight excluding hydrogens is 445 g/mol. The van der Waals surface area contributed by atoms with Gasteiger partial charge in [0.1, 0.15) is 5.82 Å². The molecule has 174 valence electrons. The zero-order valence-corrected chi connectivity index (χ0v) is 18.6. The van der Waals surface area contributed by atoms with Crippen molar-refractivity contribution in [3.8, 4) is 11.3 Å². The summed E-state index contributed by atoms with van der Waals surface area (Å²) in [5.41, 5.74) is 3.33. The number of hydrogen-bond donors (Lipinski definition) is 0. The van der Waals surface area contributed by atoms with Crippen molar-refractivity contribution in [2.24, 2.45) is 7.05 Å². The predicted molar refractivity (Wildman–Crippen MR) is 116 cm³/mol. The molecule has 4 aromatic rings. The maximum absolute atomic E-state index is 14.0. The standard InChI is InChI=1S/C24H21F3N6O/c1-12-29-22(19-11-28-6-7-32(12)19)24(34)33-14-4-3-5-18(33)21-15(10-14)23(31(2)30-21)13-8-16(25)20(27)17(26)9-13/h6-9,11,14,18H,3-5,10H2,1-2H3/t14-,18+/m1/s1. The van der Waals surface area contributed by atoms with E-state index >= 15 is 0 Å². The molecule has 1 aromatic carbocycles. The molecule has 2 aliphatic heterocycles. The number of piperidine rings is 1. The van der Waals surface area contributed by atoms with Gasteiger partial charge < -0.3 is 9.30 Å². The lowest BCUT2D eigenvalue weighted by Crippen LogP contribution is -2.50. The Balaban J connectivity index is 1.46. The number of benzene rings is 1. The van der Waals surface area contributed by atoms with E-state index in [1.807, 2.05) is 16.2 Å². The molecule has 1 saturated heterocycles. The predicted octanol–water partition coefficient (Wildman–Crippen LogP) is 4.15. The minimum absolute atomic E-state index is 0.106. The summed E-state index contributed by atoms with van der Waals surface area (Å²) < 4.78 is 45.0. The minimum Gasteiger partial charge on any atom is -0.325 e. The summed E-state index contributed by atoms with van der Waals surface area (Å²) >= 11 is 0. The quantitative estimate of drug-likeness (QED) is 0.417. The lowest BCUT2D eigenvalue weighted by molar-refractivity contribution is 0.0388. The van der Waals surface area contributed by atoms with Gasteiger partial charge in [0.25, 0.3) is 5.91 Å². The van der Waals surface area contributed by atoms with Gasteiger partial charge >= 0.3 is 0 Å². The molecule has 0 spiro atoms. The third kappa shape index (κ3) is 2.90. The number of aromatic nitrogens is 5. The normalized spacial score (nSPS) is 19.5. The zero-order valence-electron chi connectivity index (χ0n) is 18.6. The number of nitrogens with zero attached hydrogens (tertiary/aromatic N) is 6. The SMILES string of the molecule is Cc1nc(C(=O)N2[C@@H]3CCC[C@H]2c2nn(C)c(-c4cc(F)c(F)c(F)c4)c2C3)c2cnccn12. The second-order valence-corrected chi connectivity index (χ2v) is 8.95. The average molecular weight is 466 g/mol. The Morgan fingerprint density at radius 3 is 2.68 bits per heavy atom. The Labute approximate surface area is 192 Å². The van der Waals surface area contributed by atoms with Crippen LogP contribution >= 0.6 is 0 Å². The second-order valence-electron chi connectivity index (χ2n) is 8.95. The van der Waals surface area contributed by atoms with Crippen molar-refractivity contribution in [3.63, 3.8) is 0 Å². The molecule has 1 amide bonds. The van der Waals surface area contributed by atoms with E-state index in [-0.39, 0.29) is 23.6 Å². The largest absolute Gasteiger partial charge is 0.325 e. The molecule has 0 radical (unpaired) electrons. The van der Waals surface area contributed by atoms with Crippen molar-refractivity contribution < 1.29 is 18.0 Å². The van der Waals surface area contributed by atoms with Gasteiger partial charge in [-0.3, -0.25) is 14.5 Å². The Morgan fingerprint density at radius 1 is 1.15 bits per heavy atom. The lowest BCUT2D eigenvalue weighted by Gasteiger charge is -2.45. The molecule has 34 heavy (non-hydrogen) atoms. The number of amides is 1. The molecule has 2 aliphatic rings. The van der Waals surface area contributed by atoms with Crippen LogP contribution in [-0.4, -0.2) is 41.0 Å². The molecule has 2 bridgehead atoms. The van der Waals surface area contributed by atoms with Crippen molar-refractivity contribution >= 4 is 11.4 Å². The molecule has 0 saturated carbocycles. The molecule has 10 heteroatoms. The van der Waals surface area contributed by atoms with Gasteiger partial charge in [0.2, 0.25) is 0 Å². The molecule has 2 atom stereocenters. The van der Waals surface area contributed by atoms with Gasteiger partial charge in [0.05, 0.1) is 29.1 Å². The summed E-state index contributed by atoms with van der Waals surface area (Å²) in [7, 11) is 1.70. The van der Waals surface area contributed by atoms with Crippen LogP contribution in [0.2, 0.25) is 0 Å². The van der Waals surface area contributed by atoms with Crippen molar-refractivity contribution in [1.82, 2.24) is 29.0 Å². The molecule has 7 nitrogen and oxygen atoms in total. The first-order chi connectivity index (χ1) is 16.3. The Hall–Kier alpha value is -3.69. The zero-order chi connectivity index (χ0) is 23.7. The van der Waals surface area contributed by atoms with Crippen LogP contribution in [0, 0.1) is 24.4 Å². The van der Waals surface area contributed by atoms with E-state index in [1.165, 1.54) is 0 Å². The highest BCUT2D eigenvalue weighted by Crippen LogP contribution is 2.45. The van der Waals surface area contributed by atoms with E-state index in [0.29, 0.717) is 34.8 Å². The highest BCUT2D eigenvalue weighted by molar-refractivity contribution is 5.99. The van der Waals surface area contributed by atoms with Crippen LogP contribution in [0.15, 0.2) is 30.7 Å². The van der Waals surface area contributed by atoms with E-state index in [2.05, 4.69) is 15.1 Å². The van der Waals surface area contributed by atoms with Crippen LogP contribution in [0.1, 0.15) is 52.9 Å². The Bertz CT molecular complexity index is 1450. The van der Waals surface area contributed by atoms with E-state index in [0.717, 1.165) is 37.0 Å². The monoisotopic (exact) mass is 466 g/mol. The molecule has 0 N–H and O–H groups in total. The van der Waals surface area contributed by atoms with Crippen molar-refractivity contribution in [1.29, 1.82) is 0 Å². The summed E-state index contributed by atoms with van der Waals surface area (Å²) in [5.74, 6) is -3.46. The smallest absolute Gasteiger partial charge is 0.275 e. The number of fused-ring (bicyclic) bond motifs is 5. The summed E-state index contributed by atoms with van der Waals surface area (Å²) in [6.45, 7) is 1.84. The topological polar surface area (TPSA) is 68.3 Å². The van der Waals surface area contributed by atoms with Gasteiger partial charge in [-0.1, -0.05) is 0 Å². The van der Waals surface area contributed by atoms with Gasteiger partial charge in [-0.2, -0.15) is 5.10 Å². The number of hydrogen-bond acceptors (Lipinski definition) is 4. The van der Waals surface area contributed by atoms with Gasteiger partial charge in [-0.05, 0) is 44.7 Å². The van der Waals surface area contributed by atoms with Crippen LogP contribution < -0.4 is 0 Å². The number of rotatable bonds is 2. The van der Waals surface area contributed by atoms with Crippen LogP contribution in [-0.2, 0) is 13.5 Å². The van der Waals surface area contributed by atoms with E-state index < -0.39 is 17.5 Å². The fourth-order valence-corrected chi connectivity index (χ4v) is 5.57. The summed E-state index contributed by atoms with van der Waals surface area (Å²) in [4.78, 5) is 24.3. The highest BCUT2D eigenvalue weighted by atomic mass is 19.2. The van der Waals surface area contributed by atoms with Gasteiger partial charge in [0.15, 0.2) is 23.1 Å². The van der Waals surface area contributed by atoms with E-state index in [9.17, 15) is 18.0 Å². The van der Waals surface area contributed by atoms with E-state index in [1.54, 1.807) is 30.3 Å². The third-order valence-corrected chi connectivity index (χ3v) is 6.99. The van der Waals surface area contributed by atoms with Gasteiger partial charge in [-0.25, -0.2) is 18.2 Å². The number of aryl methyl sites for hydroxylation is 2. The first kappa shape index (κ1) is 20.9. The molecule has 6 rings (SSSR count). The van der Waals surface area contributed by atoms with Crippen LogP contribution in [0.4, 0.5) is 13.2 Å². The summed E-state index contributed by atoms with van der Waals surface area (Å²) in [6.07, 6.45) is 8.00. The first-order valence-electron chi connectivity index (χ1n) is 11.2. The highest BCUT2D eigenvalue weighted by Gasteiger charge is 2.44. The van der Waals surface area contributed by atoms with Crippen LogP contribution in [0.25, 0.3) is 16.8 Å². The van der Waals surface area contributed by atoms with Gasteiger partial charge in [0, 0.05) is 36.6 Å². The molecule has 1 fully saturated rings. The number of carbonyl (C=O) groups is 1. The Kier molecular flexibility index (Phi) is 4.55. The van der Waals surface area contributed by atoms with Crippen molar-refractivity contribution in [2.45, 2.75) is 44.7 Å². The molecule has 3 aromatic heterocycles. The second kappa shape index (κ2) is 7.41. The maximum Gasteiger partial charge on any atom is 0.275 e. The molecule has 0 unspecified atom stereocenters. The minimum atomic E-state index is -1.49. The average Bonchev–Trinajstić information content (AvgIpc) is 3.33. The number of halogens is 3. The summed E-state index contributed by atoms with van der Waals surface area (Å²) in [5, 5.41) is 4.67. The molecule has 0 aliphatic carbocycles. The molecular formula is C24H21F3N6O. The number of carbonyl (C=O) groups excluding carboxylic acids is 1. The maximum atomic E-state index is 14.0. The first-order valence-corrected chi connectivity index (χ1v) is 11.2. The summed E-state index contributed by atoms with van der Waals surface area (Å²) in [6, 6.07) is 1.61. The third-order valence-electron chi connectivity index (χ3n) is 6.99. The lowest BCUT2D eigenvalue weighted by atomic mass is 9.81. The van der Waals surface area contributed by atoms with Crippen LogP contribution in [0.3, 0.4) is 0 Å². The molecule has 5 heterocycles. The number of imidazole rings is 1. The van der Waals surface area contributed by atoms with E-state index in [4.69, 9.17) is 0 Å². The van der Waals surface area contributed by atoms with Gasteiger partial charge in [-0.15, -0.1) is 0 Å².